The summed E-state index contributed by atoms with van der Waals surface area (Å²) in [5, 5.41) is 0.755. The van der Waals surface area contributed by atoms with Crippen molar-refractivity contribution in [2.24, 2.45) is 0 Å². The lowest BCUT2D eigenvalue weighted by atomic mass is 9.82. The van der Waals surface area contributed by atoms with Gasteiger partial charge in [-0.2, -0.15) is 0 Å². The Hall–Kier alpha value is -2.99. The number of benzene rings is 3. The third-order valence-corrected chi connectivity index (χ3v) is 7.20. The summed E-state index contributed by atoms with van der Waals surface area (Å²) in [6.45, 7) is 5.82. The van der Waals surface area contributed by atoms with Crippen molar-refractivity contribution in [3.8, 4) is 5.75 Å². The van der Waals surface area contributed by atoms with E-state index in [0.717, 1.165) is 30.2 Å². The molecule has 1 saturated heterocycles. The van der Waals surface area contributed by atoms with Crippen molar-refractivity contribution < 1.29 is 14.3 Å². The van der Waals surface area contributed by atoms with E-state index in [9.17, 15) is 9.59 Å². The summed E-state index contributed by atoms with van der Waals surface area (Å²) in [4.78, 5) is 32.3. The zero-order chi connectivity index (χ0) is 23.7. The highest BCUT2D eigenvalue weighted by Gasteiger charge is 2.58. The molecule has 0 bridgehead atoms. The van der Waals surface area contributed by atoms with Gasteiger partial charge in [0.25, 0.3) is 0 Å². The van der Waals surface area contributed by atoms with Crippen molar-refractivity contribution in [2.75, 3.05) is 32.8 Å². The van der Waals surface area contributed by atoms with Crippen LogP contribution < -0.4 is 4.74 Å². The van der Waals surface area contributed by atoms with Gasteiger partial charge in [-0.25, -0.2) is 0 Å². The largest absolute Gasteiger partial charge is 0.494 e. The highest BCUT2D eigenvalue weighted by atomic mass is 35.5. The van der Waals surface area contributed by atoms with Gasteiger partial charge >= 0.3 is 0 Å². The minimum Gasteiger partial charge on any atom is -0.494 e. The van der Waals surface area contributed by atoms with Crippen molar-refractivity contribution in [3.05, 3.63) is 100 Å². The molecule has 0 N–H and O–H groups in total. The summed E-state index contributed by atoms with van der Waals surface area (Å²) in [5.41, 5.74) is 1.37. The fraction of sp³-hybridized carbons (Fsp3) is 0.286. The molecule has 0 radical (unpaired) electrons. The first kappa shape index (κ1) is 22.8. The molecule has 0 spiro atoms. The number of ketones is 2. The lowest BCUT2D eigenvalue weighted by Gasteiger charge is -2.44. The molecule has 0 amide bonds. The molecule has 0 unspecified atom stereocenters. The summed E-state index contributed by atoms with van der Waals surface area (Å²) < 4.78 is 5.72. The Bertz CT molecular complexity index is 1200. The van der Waals surface area contributed by atoms with Gasteiger partial charge in [0.05, 0.1) is 6.61 Å². The van der Waals surface area contributed by atoms with E-state index in [-0.39, 0.29) is 11.6 Å². The average molecular weight is 475 g/mol. The number of fused-ring (bicyclic) bond motifs is 1. The van der Waals surface area contributed by atoms with Crippen LogP contribution in [0.2, 0.25) is 5.02 Å². The van der Waals surface area contributed by atoms with Gasteiger partial charge in [-0.05, 0) is 36.2 Å². The van der Waals surface area contributed by atoms with Crippen LogP contribution >= 0.6 is 11.6 Å². The molecule has 0 saturated carbocycles. The minimum absolute atomic E-state index is 0.152. The van der Waals surface area contributed by atoms with Crippen LogP contribution in [0, 0.1) is 0 Å². The van der Waals surface area contributed by atoms with Gasteiger partial charge in [0.15, 0.2) is 17.1 Å². The molecule has 1 aliphatic carbocycles. The maximum atomic E-state index is 14.0. The number of carbonyl (C=O) groups excluding carboxylic acids is 2. The number of carbonyl (C=O) groups is 2. The van der Waals surface area contributed by atoms with Gasteiger partial charge in [-0.15, -0.1) is 0 Å². The standard InChI is InChI=1S/C28H27ClN2O3/c1-2-34-22-10-7-9-21(18-22)28(26(32)23-11-4-5-12-24(23)27(28)33)31-16-14-30(15-17-31)19-20-8-3-6-13-25(20)29/h3-13,18H,2,14-17,19H2,1H3. The highest BCUT2D eigenvalue weighted by Crippen LogP contribution is 2.43. The molecule has 5 nitrogen and oxygen atoms in total. The molecule has 3 aromatic carbocycles. The van der Waals surface area contributed by atoms with E-state index in [1.165, 1.54) is 0 Å². The SMILES string of the molecule is CCOc1cccc(C2(N3CCN(Cc4ccccc4Cl)CC3)C(=O)c3ccccc3C2=O)c1. The molecule has 3 aromatic rings. The number of ether oxygens (including phenoxy) is 1. The normalized spacial score (nSPS) is 18.2. The third kappa shape index (κ3) is 3.74. The van der Waals surface area contributed by atoms with Crippen LogP contribution in [0.1, 0.15) is 38.8 Å². The number of piperazine rings is 1. The Morgan fingerprint density at radius 3 is 2.15 bits per heavy atom. The molecular weight excluding hydrogens is 448 g/mol. The first-order valence-electron chi connectivity index (χ1n) is 11.7. The molecular formula is C28H27ClN2O3. The lowest BCUT2D eigenvalue weighted by molar-refractivity contribution is 0.0279. The predicted molar refractivity (Wildman–Crippen MR) is 133 cm³/mol. The van der Waals surface area contributed by atoms with E-state index in [2.05, 4.69) is 9.80 Å². The van der Waals surface area contributed by atoms with E-state index >= 15 is 0 Å². The van der Waals surface area contributed by atoms with E-state index in [1.54, 1.807) is 12.1 Å². The van der Waals surface area contributed by atoms with Crippen molar-refractivity contribution in [1.82, 2.24) is 9.80 Å². The zero-order valence-electron chi connectivity index (χ0n) is 19.2. The Kier molecular flexibility index (Phi) is 6.26. The first-order valence-corrected chi connectivity index (χ1v) is 12.1. The topological polar surface area (TPSA) is 49.9 Å². The van der Waals surface area contributed by atoms with E-state index in [1.807, 2.05) is 67.6 Å². The van der Waals surface area contributed by atoms with Crippen molar-refractivity contribution >= 4 is 23.2 Å². The molecule has 2 aliphatic rings. The fourth-order valence-corrected chi connectivity index (χ4v) is 5.39. The maximum absolute atomic E-state index is 14.0. The highest BCUT2D eigenvalue weighted by molar-refractivity contribution is 6.33. The van der Waals surface area contributed by atoms with Gasteiger partial charge in [-0.3, -0.25) is 19.4 Å². The van der Waals surface area contributed by atoms with Crippen LogP contribution in [-0.2, 0) is 12.1 Å². The Morgan fingerprint density at radius 1 is 0.853 bits per heavy atom. The van der Waals surface area contributed by atoms with Gasteiger partial charge < -0.3 is 4.74 Å². The molecule has 0 aromatic heterocycles. The van der Waals surface area contributed by atoms with Gasteiger partial charge in [-0.1, -0.05) is 66.2 Å². The molecule has 0 atom stereocenters. The molecule has 34 heavy (non-hydrogen) atoms. The summed E-state index contributed by atoms with van der Waals surface area (Å²) in [6.07, 6.45) is 0. The van der Waals surface area contributed by atoms with E-state index in [0.29, 0.717) is 42.1 Å². The van der Waals surface area contributed by atoms with Crippen LogP contribution in [0.15, 0.2) is 72.8 Å². The van der Waals surface area contributed by atoms with Crippen molar-refractivity contribution in [3.63, 3.8) is 0 Å². The maximum Gasteiger partial charge on any atom is 0.196 e. The smallest absolute Gasteiger partial charge is 0.196 e. The van der Waals surface area contributed by atoms with Crippen LogP contribution in [0.4, 0.5) is 0 Å². The minimum atomic E-state index is -1.37. The van der Waals surface area contributed by atoms with Crippen molar-refractivity contribution in [1.29, 1.82) is 0 Å². The number of Topliss-reactive ketones (excluding diaryl/α,β-unsaturated/α-hetero) is 2. The molecule has 6 heteroatoms. The zero-order valence-corrected chi connectivity index (χ0v) is 19.9. The second-order valence-corrected chi connectivity index (χ2v) is 9.14. The van der Waals surface area contributed by atoms with E-state index < -0.39 is 5.54 Å². The first-order chi connectivity index (χ1) is 16.6. The van der Waals surface area contributed by atoms with Gasteiger partial charge in [0, 0.05) is 48.9 Å². The Balaban J connectivity index is 1.49. The second kappa shape index (κ2) is 9.34. The number of nitrogens with zero attached hydrogens (tertiary/aromatic N) is 2. The lowest BCUT2D eigenvalue weighted by Crippen LogP contribution is -2.60. The summed E-state index contributed by atoms with van der Waals surface area (Å²) >= 11 is 6.37. The Labute approximate surface area is 204 Å². The summed E-state index contributed by atoms with van der Waals surface area (Å²) in [6, 6.07) is 22.5. The van der Waals surface area contributed by atoms with Crippen LogP contribution in [0.5, 0.6) is 5.75 Å². The molecule has 1 heterocycles. The summed E-state index contributed by atoms with van der Waals surface area (Å²) in [7, 11) is 0. The van der Waals surface area contributed by atoms with Gasteiger partial charge in [0.1, 0.15) is 5.75 Å². The third-order valence-electron chi connectivity index (χ3n) is 6.83. The number of hydrogen-bond acceptors (Lipinski definition) is 5. The second-order valence-electron chi connectivity index (χ2n) is 8.73. The molecule has 1 fully saturated rings. The van der Waals surface area contributed by atoms with Crippen molar-refractivity contribution in [2.45, 2.75) is 19.0 Å². The van der Waals surface area contributed by atoms with Crippen LogP contribution in [-0.4, -0.2) is 54.2 Å². The van der Waals surface area contributed by atoms with Crippen LogP contribution in [0.3, 0.4) is 0 Å². The number of rotatable bonds is 6. The molecule has 1 aliphatic heterocycles. The van der Waals surface area contributed by atoms with E-state index in [4.69, 9.17) is 16.3 Å². The molecule has 174 valence electrons. The van der Waals surface area contributed by atoms with Crippen LogP contribution in [0.25, 0.3) is 0 Å². The number of hydrogen-bond donors (Lipinski definition) is 0. The predicted octanol–water partition coefficient (Wildman–Crippen LogP) is 4.83. The monoisotopic (exact) mass is 474 g/mol. The number of halogens is 1. The summed E-state index contributed by atoms with van der Waals surface area (Å²) in [5.74, 6) is 0.357. The Morgan fingerprint density at radius 2 is 1.50 bits per heavy atom. The fourth-order valence-electron chi connectivity index (χ4n) is 5.19. The molecule has 5 rings (SSSR count). The average Bonchev–Trinajstić information content (AvgIpc) is 3.09. The quantitative estimate of drug-likeness (QED) is 0.479. The van der Waals surface area contributed by atoms with Gasteiger partial charge in [0.2, 0.25) is 0 Å².